The Morgan fingerprint density at radius 2 is 0.690 bits per heavy atom. The number of rotatable bonds is 24. The van der Waals surface area contributed by atoms with Crippen molar-refractivity contribution in [2.45, 2.75) is 168 Å². The Morgan fingerprint density at radius 3 is 0.931 bits per heavy atom. The van der Waals surface area contributed by atoms with Crippen molar-refractivity contribution in [2.24, 2.45) is 5.92 Å². The zero-order valence-corrected chi connectivity index (χ0v) is 20.7. The highest BCUT2D eigenvalue weighted by Crippen LogP contribution is 2.15. The minimum atomic E-state index is 0.227. The number of ketones is 1. The van der Waals surface area contributed by atoms with Gasteiger partial charge in [0.25, 0.3) is 0 Å². The molecule has 29 heavy (non-hydrogen) atoms. The third kappa shape index (κ3) is 23.8. The van der Waals surface area contributed by atoms with Crippen LogP contribution in [0.4, 0.5) is 0 Å². The lowest BCUT2D eigenvalue weighted by atomic mass is 10.0. The maximum atomic E-state index is 11.6. The second-order valence-corrected chi connectivity index (χ2v) is 9.80. The summed E-state index contributed by atoms with van der Waals surface area (Å²) in [6, 6.07) is 0. The second-order valence-electron chi connectivity index (χ2n) is 9.80. The lowest BCUT2D eigenvalue weighted by Crippen LogP contribution is -2.05. The summed E-state index contributed by atoms with van der Waals surface area (Å²) in [7, 11) is 0. The SMILES string of the molecule is CCCCCCCCCCCCCCCCCCCCCCCCC(=O)C(C)C. The van der Waals surface area contributed by atoms with Crippen LogP contribution in [-0.2, 0) is 4.79 Å². The van der Waals surface area contributed by atoms with Crippen LogP contribution >= 0.6 is 0 Å². The highest BCUT2D eigenvalue weighted by Gasteiger charge is 2.05. The van der Waals surface area contributed by atoms with Gasteiger partial charge in [-0.15, -0.1) is 0 Å². The minimum absolute atomic E-state index is 0.227. The number of Topliss-reactive ketones (excluding diaryl/α,β-unsaturated/α-hetero) is 1. The summed E-state index contributed by atoms with van der Waals surface area (Å²) in [5.41, 5.74) is 0. The molecule has 1 nitrogen and oxygen atoms in total. The van der Waals surface area contributed by atoms with Crippen molar-refractivity contribution in [3.05, 3.63) is 0 Å². The van der Waals surface area contributed by atoms with Crippen LogP contribution in [0.25, 0.3) is 0 Å². The van der Waals surface area contributed by atoms with Crippen LogP contribution in [-0.4, -0.2) is 5.78 Å². The van der Waals surface area contributed by atoms with Crippen molar-refractivity contribution in [2.75, 3.05) is 0 Å². The van der Waals surface area contributed by atoms with Gasteiger partial charge >= 0.3 is 0 Å². The largest absolute Gasteiger partial charge is 0.299 e. The molecule has 0 rings (SSSR count). The molecule has 0 aliphatic heterocycles. The van der Waals surface area contributed by atoms with Gasteiger partial charge in [0.15, 0.2) is 0 Å². The van der Waals surface area contributed by atoms with E-state index >= 15 is 0 Å². The Kier molecular flexibility index (Phi) is 23.7. The first-order valence-electron chi connectivity index (χ1n) is 13.7. The van der Waals surface area contributed by atoms with Crippen LogP contribution in [0.2, 0.25) is 0 Å². The van der Waals surface area contributed by atoms with Gasteiger partial charge in [-0.1, -0.05) is 156 Å². The summed E-state index contributed by atoms with van der Waals surface area (Å²) in [5.74, 6) is 0.670. The maximum Gasteiger partial charge on any atom is 0.135 e. The van der Waals surface area contributed by atoms with Gasteiger partial charge in [0.1, 0.15) is 5.78 Å². The monoisotopic (exact) mass is 408 g/mol. The van der Waals surface area contributed by atoms with Crippen molar-refractivity contribution in [3.8, 4) is 0 Å². The summed E-state index contributed by atoms with van der Waals surface area (Å²) < 4.78 is 0. The van der Waals surface area contributed by atoms with Gasteiger partial charge in [-0.3, -0.25) is 4.79 Å². The Morgan fingerprint density at radius 1 is 0.448 bits per heavy atom. The standard InChI is InChI=1S/C28H56O/c1-4-5-6-7-8-9-10-11-12-13-14-15-16-17-18-19-20-21-22-23-24-25-26-28(29)27(2)3/h27H,4-26H2,1-3H3. The van der Waals surface area contributed by atoms with E-state index in [2.05, 4.69) is 6.92 Å². The quantitative estimate of drug-likeness (QED) is 0.145. The Balaban J connectivity index is 3.04. The molecule has 1 heteroatoms. The summed E-state index contributed by atoms with van der Waals surface area (Å²) in [6.07, 6.45) is 32.0. The van der Waals surface area contributed by atoms with E-state index in [1.807, 2.05) is 13.8 Å². The van der Waals surface area contributed by atoms with Gasteiger partial charge in [0, 0.05) is 12.3 Å². The molecule has 0 spiro atoms. The van der Waals surface area contributed by atoms with Crippen LogP contribution in [0.3, 0.4) is 0 Å². The van der Waals surface area contributed by atoms with Crippen LogP contribution in [0.5, 0.6) is 0 Å². The van der Waals surface area contributed by atoms with E-state index in [1.165, 1.54) is 135 Å². The smallest absolute Gasteiger partial charge is 0.135 e. The van der Waals surface area contributed by atoms with E-state index in [1.54, 1.807) is 0 Å². The number of carbonyl (C=O) groups excluding carboxylic acids is 1. The van der Waals surface area contributed by atoms with Crippen molar-refractivity contribution in [1.82, 2.24) is 0 Å². The first-order valence-corrected chi connectivity index (χ1v) is 13.7. The molecular formula is C28H56O. The molecule has 0 aliphatic rings. The molecule has 174 valence electrons. The molecule has 0 fully saturated rings. The average molecular weight is 409 g/mol. The summed E-state index contributed by atoms with van der Waals surface area (Å²) in [6.45, 7) is 6.32. The summed E-state index contributed by atoms with van der Waals surface area (Å²) in [4.78, 5) is 11.6. The maximum absolute atomic E-state index is 11.6. The molecule has 0 saturated carbocycles. The fourth-order valence-corrected chi connectivity index (χ4v) is 4.20. The molecule has 0 aromatic rings. The van der Waals surface area contributed by atoms with Gasteiger partial charge in [-0.05, 0) is 6.42 Å². The zero-order chi connectivity index (χ0) is 21.4. The van der Waals surface area contributed by atoms with E-state index in [-0.39, 0.29) is 5.92 Å². The normalized spacial score (nSPS) is 11.4. The second kappa shape index (κ2) is 23.9. The average Bonchev–Trinajstić information content (AvgIpc) is 2.71. The lowest BCUT2D eigenvalue weighted by molar-refractivity contribution is -0.122. The molecule has 0 amide bonds. The minimum Gasteiger partial charge on any atom is -0.299 e. The van der Waals surface area contributed by atoms with Gasteiger partial charge in [-0.2, -0.15) is 0 Å². The highest BCUT2D eigenvalue weighted by molar-refractivity contribution is 5.80. The number of hydrogen-bond acceptors (Lipinski definition) is 1. The van der Waals surface area contributed by atoms with E-state index in [0.29, 0.717) is 5.78 Å². The molecule has 0 radical (unpaired) electrons. The lowest BCUT2D eigenvalue weighted by Gasteiger charge is -2.05. The van der Waals surface area contributed by atoms with Gasteiger partial charge in [0.2, 0.25) is 0 Å². The van der Waals surface area contributed by atoms with Crippen LogP contribution in [0, 0.1) is 5.92 Å². The third-order valence-electron chi connectivity index (χ3n) is 6.42. The predicted octanol–water partition coefficient (Wildman–Crippen LogP) is 10.2. The van der Waals surface area contributed by atoms with Gasteiger partial charge < -0.3 is 0 Å². The summed E-state index contributed by atoms with van der Waals surface area (Å²) in [5, 5.41) is 0. The topological polar surface area (TPSA) is 17.1 Å². The predicted molar refractivity (Wildman–Crippen MR) is 132 cm³/mol. The number of hydrogen-bond donors (Lipinski definition) is 0. The molecule has 0 aliphatic carbocycles. The van der Waals surface area contributed by atoms with Crippen molar-refractivity contribution < 1.29 is 4.79 Å². The fourth-order valence-electron chi connectivity index (χ4n) is 4.20. The molecule has 0 N–H and O–H groups in total. The zero-order valence-electron chi connectivity index (χ0n) is 20.7. The molecule has 0 atom stereocenters. The van der Waals surface area contributed by atoms with Crippen LogP contribution in [0.15, 0.2) is 0 Å². The summed E-state index contributed by atoms with van der Waals surface area (Å²) >= 11 is 0. The van der Waals surface area contributed by atoms with Gasteiger partial charge in [0.05, 0.1) is 0 Å². The van der Waals surface area contributed by atoms with E-state index in [4.69, 9.17) is 0 Å². The molecule has 0 saturated heterocycles. The van der Waals surface area contributed by atoms with Crippen molar-refractivity contribution in [1.29, 1.82) is 0 Å². The molecular weight excluding hydrogens is 352 g/mol. The molecule has 0 heterocycles. The number of unbranched alkanes of at least 4 members (excludes halogenated alkanes) is 21. The Bertz CT molecular complexity index is 320. The fraction of sp³-hybridized carbons (Fsp3) is 0.964. The van der Waals surface area contributed by atoms with Crippen LogP contribution < -0.4 is 0 Å². The third-order valence-corrected chi connectivity index (χ3v) is 6.42. The van der Waals surface area contributed by atoms with E-state index in [0.717, 1.165) is 12.8 Å². The van der Waals surface area contributed by atoms with Crippen molar-refractivity contribution >= 4 is 5.78 Å². The first kappa shape index (κ1) is 28.7. The molecule has 0 aromatic heterocycles. The molecule has 0 aromatic carbocycles. The first-order chi connectivity index (χ1) is 14.2. The van der Waals surface area contributed by atoms with Gasteiger partial charge in [-0.25, -0.2) is 0 Å². The highest BCUT2D eigenvalue weighted by atomic mass is 16.1. The molecule has 0 unspecified atom stereocenters. The van der Waals surface area contributed by atoms with Crippen LogP contribution in [0.1, 0.15) is 168 Å². The number of carbonyl (C=O) groups is 1. The van der Waals surface area contributed by atoms with Crippen molar-refractivity contribution in [3.63, 3.8) is 0 Å². The van der Waals surface area contributed by atoms with E-state index < -0.39 is 0 Å². The van der Waals surface area contributed by atoms with E-state index in [9.17, 15) is 4.79 Å². The Labute approximate surface area is 185 Å². The molecule has 0 bridgehead atoms. The Hall–Kier alpha value is -0.330.